The summed E-state index contributed by atoms with van der Waals surface area (Å²) in [7, 11) is -1.84. The van der Waals surface area contributed by atoms with Crippen molar-refractivity contribution in [2.45, 2.75) is 17.9 Å². The van der Waals surface area contributed by atoms with E-state index in [1.807, 2.05) is 31.2 Å². The van der Waals surface area contributed by atoms with Gasteiger partial charge in [0.2, 0.25) is 15.9 Å². The summed E-state index contributed by atoms with van der Waals surface area (Å²) in [4.78, 5) is 19.3. The van der Waals surface area contributed by atoms with Gasteiger partial charge in [-0.1, -0.05) is 18.2 Å². The Morgan fingerprint density at radius 2 is 1.97 bits per heavy atom. The average Bonchev–Trinajstić information content (AvgIpc) is 3.26. The fourth-order valence-electron chi connectivity index (χ4n) is 3.46. The first kappa shape index (κ1) is 22.7. The van der Waals surface area contributed by atoms with E-state index in [2.05, 4.69) is 10.3 Å². The lowest BCUT2D eigenvalue weighted by atomic mass is 10.3. The van der Waals surface area contributed by atoms with E-state index in [1.165, 1.54) is 4.31 Å². The maximum atomic E-state index is 12.9. The highest BCUT2D eigenvalue weighted by Crippen LogP contribution is 2.29. The Labute approximate surface area is 191 Å². The lowest BCUT2D eigenvalue weighted by Crippen LogP contribution is -2.40. The zero-order valence-corrected chi connectivity index (χ0v) is 19.7. The van der Waals surface area contributed by atoms with Crippen molar-refractivity contribution in [2.75, 3.05) is 45.2 Å². The topological polar surface area (TPSA) is 91.8 Å². The molecule has 1 aliphatic heterocycles. The number of thiazole rings is 1. The van der Waals surface area contributed by atoms with Crippen molar-refractivity contribution >= 4 is 43.2 Å². The minimum atomic E-state index is -3.59. The molecule has 2 aromatic carbocycles. The van der Waals surface area contributed by atoms with Crippen molar-refractivity contribution < 1.29 is 17.9 Å². The van der Waals surface area contributed by atoms with E-state index in [9.17, 15) is 13.2 Å². The Balaban J connectivity index is 1.40. The maximum absolute atomic E-state index is 12.9. The molecule has 32 heavy (non-hydrogen) atoms. The molecule has 170 valence electrons. The van der Waals surface area contributed by atoms with Crippen LogP contribution >= 0.6 is 11.3 Å². The molecule has 1 aliphatic rings. The highest BCUT2D eigenvalue weighted by Gasteiger charge is 2.26. The minimum Gasteiger partial charge on any atom is -0.379 e. The standard InChI is InChI=1S/C22H26N4O4S2/c1-16(22-24-19-8-3-4-9-20(19)31-22)25(2)21(27)15-23-17-6-5-7-18(14-17)32(28,29)26-10-12-30-13-11-26/h3-9,14,16,23H,10-13,15H2,1-2H3. The quantitative estimate of drug-likeness (QED) is 0.566. The summed E-state index contributed by atoms with van der Waals surface area (Å²) < 4.78 is 33.5. The highest BCUT2D eigenvalue weighted by molar-refractivity contribution is 7.89. The Bertz CT molecular complexity index is 1170. The molecule has 0 spiro atoms. The summed E-state index contributed by atoms with van der Waals surface area (Å²) in [5, 5.41) is 3.93. The summed E-state index contributed by atoms with van der Waals surface area (Å²) in [6.45, 7) is 3.47. The van der Waals surface area contributed by atoms with E-state index < -0.39 is 10.0 Å². The number of carbonyl (C=O) groups excluding carboxylic acids is 1. The van der Waals surface area contributed by atoms with E-state index in [4.69, 9.17) is 4.74 Å². The first-order valence-electron chi connectivity index (χ1n) is 10.4. The number of para-hydroxylation sites is 1. The molecule has 0 saturated carbocycles. The third-order valence-corrected chi connectivity index (χ3v) is 8.63. The SMILES string of the molecule is CC(c1nc2ccccc2s1)N(C)C(=O)CNc1cccc(S(=O)(=O)N2CCOCC2)c1. The molecule has 1 N–H and O–H groups in total. The van der Waals surface area contributed by atoms with Crippen LogP contribution in [-0.2, 0) is 19.6 Å². The summed E-state index contributed by atoms with van der Waals surface area (Å²) in [6.07, 6.45) is 0. The summed E-state index contributed by atoms with van der Waals surface area (Å²) in [6, 6.07) is 14.3. The smallest absolute Gasteiger partial charge is 0.243 e. The van der Waals surface area contributed by atoms with Crippen LogP contribution < -0.4 is 5.32 Å². The van der Waals surface area contributed by atoms with Crippen molar-refractivity contribution in [3.05, 3.63) is 53.5 Å². The zero-order valence-electron chi connectivity index (χ0n) is 18.0. The largest absolute Gasteiger partial charge is 0.379 e. The number of nitrogens with one attached hydrogen (secondary N) is 1. The minimum absolute atomic E-state index is 0.0484. The van der Waals surface area contributed by atoms with E-state index in [-0.39, 0.29) is 23.4 Å². The first-order valence-corrected chi connectivity index (χ1v) is 12.6. The zero-order chi connectivity index (χ0) is 22.7. The van der Waals surface area contributed by atoms with Crippen LogP contribution in [0.15, 0.2) is 53.4 Å². The van der Waals surface area contributed by atoms with E-state index >= 15 is 0 Å². The highest BCUT2D eigenvalue weighted by atomic mass is 32.2. The van der Waals surface area contributed by atoms with Crippen LogP contribution in [0.25, 0.3) is 10.2 Å². The molecule has 1 aromatic heterocycles. The van der Waals surface area contributed by atoms with Crippen LogP contribution in [0.3, 0.4) is 0 Å². The van der Waals surface area contributed by atoms with Crippen LogP contribution in [-0.4, -0.2) is 68.4 Å². The van der Waals surface area contributed by atoms with E-state index in [1.54, 1.807) is 47.5 Å². The second-order valence-electron chi connectivity index (χ2n) is 7.60. The second kappa shape index (κ2) is 9.53. The Morgan fingerprint density at radius 1 is 1.22 bits per heavy atom. The van der Waals surface area contributed by atoms with Gasteiger partial charge in [0.15, 0.2) is 0 Å². The van der Waals surface area contributed by atoms with Crippen LogP contribution in [0.2, 0.25) is 0 Å². The van der Waals surface area contributed by atoms with Gasteiger partial charge in [0.05, 0.1) is 40.9 Å². The molecule has 1 saturated heterocycles. The number of benzene rings is 2. The Morgan fingerprint density at radius 3 is 2.72 bits per heavy atom. The number of hydrogen-bond donors (Lipinski definition) is 1. The van der Waals surface area contributed by atoms with Crippen LogP contribution in [0.5, 0.6) is 0 Å². The normalized spacial score (nSPS) is 16.1. The molecule has 0 radical (unpaired) electrons. The van der Waals surface area contributed by atoms with Crippen molar-refractivity contribution in [3.8, 4) is 0 Å². The number of anilines is 1. The molecule has 0 aliphatic carbocycles. The van der Waals surface area contributed by atoms with Gasteiger partial charge in [-0.25, -0.2) is 13.4 Å². The molecule has 8 nitrogen and oxygen atoms in total. The van der Waals surface area contributed by atoms with Crippen molar-refractivity contribution in [2.24, 2.45) is 0 Å². The number of morpholine rings is 1. The molecular weight excluding hydrogens is 448 g/mol. The number of nitrogens with zero attached hydrogens (tertiary/aromatic N) is 3. The van der Waals surface area contributed by atoms with Crippen LogP contribution in [0.1, 0.15) is 18.0 Å². The number of rotatable bonds is 7. The van der Waals surface area contributed by atoms with Gasteiger partial charge < -0.3 is 15.0 Å². The molecule has 1 unspecified atom stereocenters. The molecule has 3 aromatic rings. The van der Waals surface area contributed by atoms with Crippen LogP contribution in [0, 0.1) is 0 Å². The van der Waals surface area contributed by atoms with Gasteiger partial charge in [-0.05, 0) is 37.3 Å². The Kier molecular flexibility index (Phi) is 6.75. The monoisotopic (exact) mass is 474 g/mol. The number of aromatic nitrogens is 1. The van der Waals surface area contributed by atoms with Gasteiger partial charge in [0.25, 0.3) is 0 Å². The van der Waals surface area contributed by atoms with Gasteiger partial charge in [-0.3, -0.25) is 4.79 Å². The molecule has 0 bridgehead atoms. The summed E-state index contributed by atoms with van der Waals surface area (Å²) >= 11 is 1.58. The molecular formula is C22H26N4O4S2. The number of carbonyl (C=O) groups is 1. The molecule has 1 amide bonds. The average molecular weight is 475 g/mol. The fourth-order valence-corrected chi connectivity index (χ4v) is 5.97. The number of fused-ring (bicyclic) bond motifs is 1. The molecule has 2 heterocycles. The van der Waals surface area contributed by atoms with Crippen molar-refractivity contribution in [3.63, 3.8) is 0 Å². The predicted molar refractivity (Wildman–Crippen MR) is 125 cm³/mol. The van der Waals surface area contributed by atoms with Gasteiger partial charge in [-0.2, -0.15) is 4.31 Å². The fraction of sp³-hybridized carbons (Fsp3) is 0.364. The number of sulfonamides is 1. The van der Waals surface area contributed by atoms with Crippen molar-refractivity contribution in [1.82, 2.24) is 14.2 Å². The lowest BCUT2D eigenvalue weighted by molar-refractivity contribution is -0.129. The number of ether oxygens (including phenoxy) is 1. The predicted octanol–water partition coefficient (Wildman–Crippen LogP) is 2.95. The third kappa shape index (κ3) is 4.78. The van der Waals surface area contributed by atoms with Gasteiger partial charge in [0, 0.05) is 25.8 Å². The first-order chi connectivity index (χ1) is 15.4. The Hall–Kier alpha value is -2.53. The van der Waals surface area contributed by atoms with E-state index in [0.29, 0.717) is 32.0 Å². The number of hydrogen-bond acceptors (Lipinski definition) is 7. The van der Waals surface area contributed by atoms with Gasteiger partial charge in [-0.15, -0.1) is 11.3 Å². The number of amides is 1. The molecule has 10 heteroatoms. The molecule has 1 fully saturated rings. The lowest BCUT2D eigenvalue weighted by Gasteiger charge is -2.26. The van der Waals surface area contributed by atoms with E-state index in [0.717, 1.165) is 15.2 Å². The molecule has 4 rings (SSSR count). The maximum Gasteiger partial charge on any atom is 0.243 e. The molecule has 1 atom stereocenters. The van der Waals surface area contributed by atoms with Crippen LogP contribution in [0.4, 0.5) is 5.69 Å². The summed E-state index contributed by atoms with van der Waals surface area (Å²) in [5.41, 5.74) is 1.50. The third-order valence-electron chi connectivity index (χ3n) is 5.53. The second-order valence-corrected chi connectivity index (χ2v) is 10.6. The van der Waals surface area contributed by atoms with Gasteiger partial charge >= 0.3 is 0 Å². The summed E-state index contributed by atoms with van der Waals surface area (Å²) in [5.74, 6) is -0.113. The van der Waals surface area contributed by atoms with Crippen molar-refractivity contribution in [1.29, 1.82) is 0 Å². The number of likely N-dealkylation sites (N-methyl/N-ethyl adjacent to an activating group) is 1. The van der Waals surface area contributed by atoms with Gasteiger partial charge in [0.1, 0.15) is 5.01 Å².